The number of rotatable bonds is 0. The lowest BCUT2D eigenvalue weighted by atomic mass is 10.7. The topological polar surface area (TPSA) is 0 Å². The van der Waals surface area contributed by atoms with Gasteiger partial charge >= 0.3 is 25.0 Å². The molecule has 0 aromatic carbocycles. The molecule has 0 saturated carbocycles. The highest BCUT2D eigenvalue weighted by molar-refractivity contribution is 4.48. The summed E-state index contributed by atoms with van der Waals surface area (Å²) in [4.78, 5) is 0. The van der Waals surface area contributed by atoms with Crippen LogP contribution in [-0.2, 0) is 0 Å². The maximum absolute atomic E-state index is 10.4. The van der Waals surface area contributed by atoms with Crippen molar-refractivity contribution < 1.29 is 52.7 Å². The van der Waals surface area contributed by atoms with Crippen molar-refractivity contribution in [1.82, 2.24) is 0 Å². The van der Waals surface area contributed by atoms with Gasteiger partial charge in [-0.3, -0.25) is 0 Å². The van der Waals surface area contributed by atoms with Crippen molar-refractivity contribution in [3.63, 3.8) is 0 Å². The van der Waals surface area contributed by atoms with Crippen LogP contribution >= 0.6 is 0 Å². The highest BCUT2D eigenvalue weighted by atomic mass is 19.4. The monoisotopic (exact) mass is 306 g/mol. The van der Waals surface area contributed by atoms with Crippen LogP contribution in [0, 0.1) is 0 Å². The molecule has 0 aromatic heterocycles. The van der Waals surface area contributed by atoms with Crippen molar-refractivity contribution in [2.45, 2.75) is 31.9 Å². The first kappa shape index (κ1) is 22.3. The summed E-state index contributed by atoms with van der Waals surface area (Å²) in [6.07, 6.45) is -18.2. The Kier molecular flexibility index (Phi) is 10.3. The summed E-state index contributed by atoms with van der Waals surface area (Å²) in [6, 6.07) is 0. The summed E-state index contributed by atoms with van der Waals surface area (Å²) in [7, 11) is 0. The van der Waals surface area contributed by atoms with E-state index in [1.165, 1.54) is 0 Å². The van der Waals surface area contributed by atoms with Crippen LogP contribution in [-0.4, -0.2) is 31.6 Å². The van der Waals surface area contributed by atoms with Gasteiger partial charge in [0, 0.05) is 6.92 Å². The Bertz CT molecular complexity index is 176. The van der Waals surface area contributed by atoms with Crippen LogP contribution in [0.5, 0.6) is 0 Å². The molecule has 0 aliphatic carbocycles. The van der Waals surface area contributed by atoms with Crippen LogP contribution in [0.15, 0.2) is 0 Å². The summed E-state index contributed by atoms with van der Waals surface area (Å²) < 4.78 is 125. The minimum Gasteiger partial charge on any atom is -0.241 e. The maximum atomic E-state index is 10.4. The van der Waals surface area contributed by atoms with Gasteiger partial charge in [0.05, 0.1) is 0 Å². The predicted molar refractivity (Wildman–Crippen MR) is 35.8 cm³/mol. The van der Waals surface area contributed by atoms with E-state index in [0.717, 1.165) is 0 Å². The second kappa shape index (κ2) is 8.29. The second-order valence-electron chi connectivity index (χ2n) is 2.37. The van der Waals surface area contributed by atoms with Gasteiger partial charge < -0.3 is 0 Å². The summed E-state index contributed by atoms with van der Waals surface area (Å²) in [5, 5.41) is 0. The van der Waals surface area contributed by atoms with Gasteiger partial charge in [0.1, 0.15) is 0 Å². The number of hydrogen-bond acceptors (Lipinski definition) is 0. The number of hydrogen-bond donors (Lipinski definition) is 0. The first-order valence-corrected chi connectivity index (χ1v) is 3.55. The average Bonchev–Trinajstić information content (AvgIpc) is 1.98. The SMILES string of the molecule is CC(F)(F)F.FC(F)C(F)(F)F.FCC(F)(F)F. The van der Waals surface area contributed by atoms with E-state index in [1.807, 2.05) is 0 Å². The molecule has 18 heavy (non-hydrogen) atoms. The van der Waals surface area contributed by atoms with Crippen molar-refractivity contribution in [3.8, 4) is 0 Å². The minimum absolute atomic E-state index is 0.188. The second-order valence-corrected chi connectivity index (χ2v) is 2.37. The zero-order chi connectivity index (χ0) is 15.8. The minimum atomic E-state index is -5.33. The van der Waals surface area contributed by atoms with Crippen molar-refractivity contribution in [2.75, 3.05) is 6.67 Å². The Morgan fingerprint density at radius 3 is 0.889 bits per heavy atom. The zero-order valence-electron chi connectivity index (χ0n) is 8.32. The van der Waals surface area contributed by atoms with E-state index in [0.29, 0.717) is 0 Å². The van der Waals surface area contributed by atoms with E-state index in [9.17, 15) is 52.7 Å². The van der Waals surface area contributed by atoms with E-state index >= 15 is 0 Å². The van der Waals surface area contributed by atoms with Crippen LogP contribution in [0.2, 0.25) is 0 Å². The fraction of sp³-hybridized carbons (Fsp3) is 1.00. The van der Waals surface area contributed by atoms with E-state index < -0.39 is 31.6 Å². The summed E-state index contributed by atoms with van der Waals surface area (Å²) in [5.41, 5.74) is 0. The number of halogens is 12. The molecule has 0 aliphatic heterocycles. The lowest BCUT2D eigenvalue weighted by Gasteiger charge is -2.00. The quantitative estimate of drug-likeness (QED) is 0.558. The standard InChI is InChI=1S/C2HF5.C2H2F4.C2H3F3/c3-1(4)2(5,6)7;3-1-2(4,5)6;1-2(3,4)5/h1H;1H2;1H3. The fourth-order valence-corrected chi connectivity index (χ4v) is 0. The highest BCUT2D eigenvalue weighted by Crippen LogP contribution is 2.22. The van der Waals surface area contributed by atoms with Gasteiger partial charge in [0.2, 0.25) is 0 Å². The molecule has 0 heterocycles. The normalized spacial score (nSPS) is 12.3. The lowest BCUT2D eigenvalue weighted by Crippen LogP contribution is -2.18. The Morgan fingerprint density at radius 1 is 0.778 bits per heavy atom. The molecule has 0 unspecified atom stereocenters. The van der Waals surface area contributed by atoms with E-state index in [-0.39, 0.29) is 6.92 Å². The third-order valence-electron chi connectivity index (χ3n) is 0.399. The van der Waals surface area contributed by atoms with Gasteiger partial charge in [0.25, 0.3) is 0 Å². The molecule has 0 bridgehead atoms. The Hall–Kier alpha value is -0.840. The van der Waals surface area contributed by atoms with Gasteiger partial charge in [-0.2, -0.15) is 39.5 Å². The van der Waals surface area contributed by atoms with Crippen LogP contribution in [0.25, 0.3) is 0 Å². The predicted octanol–water partition coefficient (Wildman–Crippen LogP) is 4.90. The van der Waals surface area contributed by atoms with E-state index in [1.54, 1.807) is 0 Å². The number of alkyl halides is 12. The average molecular weight is 306 g/mol. The van der Waals surface area contributed by atoms with Crippen molar-refractivity contribution in [1.29, 1.82) is 0 Å². The molecule has 0 aromatic rings. The van der Waals surface area contributed by atoms with Crippen LogP contribution in [0.4, 0.5) is 52.7 Å². The zero-order valence-corrected chi connectivity index (χ0v) is 8.32. The van der Waals surface area contributed by atoms with Gasteiger partial charge in [-0.05, 0) is 0 Å². The van der Waals surface area contributed by atoms with Crippen molar-refractivity contribution in [3.05, 3.63) is 0 Å². The fourth-order valence-electron chi connectivity index (χ4n) is 0. The maximum Gasteiger partial charge on any atom is 0.450 e. The third kappa shape index (κ3) is 45.7. The molecular weight excluding hydrogens is 300 g/mol. The Balaban J connectivity index is -0.000000190. The molecule has 0 N–H and O–H groups in total. The molecule has 0 saturated heterocycles. The highest BCUT2D eigenvalue weighted by Gasteiger charge is 2.40. The molecule has 0 radical (unpaired) electrons. The summed E-state index contributed by atoms with van der Waals surface area (Å²) in [5.74, 6) is 0. The van der Waals surface area contributed by atoms with E-state index in [4.69, 9.17) is 0 Å². The molecular formula is C6H6F12. The lowest BCUT2D eigenvalue weighted by molar-refractivity contribution is -0.219. The van der Waals surface area contributed by atoms with Crippen LogP contribution < -0.4 is 0 Å². The van der Waals surface area contributed by atoms with Crippen molar-refractivity contribution >= 4 is 0 Å². The smallest absolute Gasteiger partial charge is 0.241 e. The van der Waals surface area contributed by atoms with Gasteiger partial charge in [-0.25, -0.2) is 13.2 Å². The molecule has 114 valence electrons. The first-order valence-electron chi connectivity index (χ1n) is 3.55. The Morgan fingerprint density at radius 2 is 0.889 bits per heavy atom. The first-order chi connectivity index (χ1) is 7.50. The molecule has 0 fully saturated rings. The molecule has 0 rings (SSSR count). The largest absolute Gasteiger partial charge is 0.450 e. The molecule has 0 amide bonds. The Labute approximate surface area is 92.6 Å². The van der Waals surface area contributed by atoms with E-state index in [2.05, 4.69) is 0 Å². The molecule has 0 spiro atoms. The van der Waals surface area contributed by atoms with Crippen molar-refractivity contribution in [2.24, 2.45) is 0 Å². The van der Waals surface area contributed by atoms with Crippen LogP contribution in [0.1, 0.15) is 6.92 Å². The molecule has 12 heteroatoms. The molecule has 0 atom stereocenters. The summed E-state index contributed by atoms with van der Waals surface area (Å²) in [6.45, 7) is -2.04. The summed E-state index contributed by atoms with van der Waals surface area (Å²) >= 11 is 0. The van der Waals surface area contributed by atoms with Crippen LogP contribution in [0.3, 0.4) is 0 Å². The van der Waals surface area contributed by atoms with Gasteiger partial charge in [-0.1, -0.05) is 0 Å². The third-order valence-corrected chi connectivity index (χ3v) is 0.399. The molecule has 0 aliphatic rings. The van der Waals surface area contributed by atoms with Gasteiger partial charge in [-0.15, -0.1) is 0 Å². The van der Waals surface area contributed by atoms with Gasteiger partial charge in [0.15, 0.2) is 6.67 Å². The molecule has 0 nitrogen and oxygen atoms in total.